The van der Waals surface area contributed by atoms with E-state index in [0.29, 0.717) is 7.25 Å². The molecule has 7 rings (SSSR count). The van der Waals surface area contributed by atoms with Gasteiger partial charge in [-0.1, -0.05) is 0 Å². The summed E-state index contributed by atoms with van der Waals surface area (Å²) in [5.74, 6) is 0. The summed E-state index contributed by atoms with van der Waals surface area (Å²) < 4.78 is 1.28. The minimum absolute atomic E-state index is 0.451. The van der Waals surface area contributed by atoms with Crippen LogP contribution in [-0.4, -0.2) is 5.43 Å². The van der Waals surface area contributed by atoms with Gasteiger partial charge in [-0.3, -0.25) is 0 Å². The van der Waals surface area contributed by atoms with Crippen molar-refractivity contribution >= 4 is 22.3 Å². The fourth-order valence-electron chi connectivity index (χ4n) is 6.89. The van der Waals surface area contributed by atoms with Crippen LogP contribution in [0.5, 0.6) is 0 Å². The Morgan fingerprint density at radius 2 is 1.08 bits per heavy atom. The van der Waals surface area contributed by atoms with Crippen LogP contribution in [0.2, 0.25) is 13.1 Å². The molecule has 0 fully saturated rings. The Morgan fingerprint density at radius 1 is 0.541 bits per heavy atom. The fourth-order valence-corrected chi connectivity index (χ4v) is 27.2. The third-order valence-corrected chi connectivity index (χ3v) is 27.9. The summed E-state index contributed by atoms with van der Waals surface area (Å²) in [6.45, 7) is 7.65. The van der Waals surface area contributed by atoms with E-state index in [0.717, 1.165) is 0 Å². The molecular weight excluding hydrogens is 540 g/mol. The topological polar surface area (TPSA) is 0 Å². The zero-order valence-electron chi connectivity index (χ0n) is 21.6. The normalized spacial score (nSPS) is 15.8. The van der Waals surface area contributed by atoms with E-state index in [1.54, 1.807) is 22.3 Å². The molecule has 0 aromatic heterocycles. The number of fused-ring (bicyclic) bond motifs is 5. The van der Waals surface area contributed by atoms with Gasteiger partial charge in [-0.05, 0) is 0 Å². The molecule has 0 heterocycles. The van der Waals surface area contributed by atoms with Crippen LogP contribution in [0.1, 0.15) is 36.4 Å². The molecule has 0 nitrogen and oxygen atoms in total. The van der Waals surface area contributed by atoms with Crippen LogP contribution in [0.25, 0.3) is 39.1 Å². The molecule has 2 heteroatoms. The molecule has 0 saturated carbocycles. The van der Waals surface area contributed by atoms with Gasteiger partial charge in [0, 0.05) is 0 Å². The average Bonchev–Trinajstić information content (AvgIpc) is 3.43. The number of benzene rings is 5. The number of rotatable bonds is 3. The third-order valence-electron chi connectivity index (χ3n) is 8.39. The first-order valence-electron chi connectivity index (χ1n) is 13.3. The molecule has 1 atom stereocenters. The van der Waals surface area contributed by atoms with Crippen molar-refractivity contribution in [3.8, 4) is 22.3 Å². The third kappa shape index (κ3) is 3.64. The second kappa shape index (κ2) is 9.19. The Morgan fingerprint density at radius 3 is 1.81 bits per heavy atom. The molecule has 2 aliphatic carbocycles. The van der Waals surface area contributed by atoms with Gasteiger partial charge in [0.2, 0.25) is 0 Å². The van der Waals surface area contributed by atoms with E-state index in [1.807, 2.05) is 0 Å². The Bertz CT molecular complexity index is 1720. The van der Waals surface area contributed by atoms with E-state index in [-0.39, 0.29) is 0 Å². The van der Waals surface area contributed by atoms with Crippen LogP contribution in [-0.2, 0) is 20.4 Å². The van der Waals surface area contributed by atoms with Crippen molar-refractivity contribution in [3.63, 3.8) is 0 Å². The summed E-state index contributed by atoms with van der Waals surface area (Å²) in [6.07, 6.45) is 2.55. The molecule has 0 N–H and O–H groups in total. The van der Waals surface area contributed by atoms with Gasteiger partial charge in [-0.15, -0.1) is 0 Å². The van der Waals surface area contributed by atoms with Gasteiger partial charge in [0.25, 0.3) is 0 Å². The second-order valence-electron chi connectivity index (χ2n) is 10.7. The maximum atomic E-state index is 2.61. The number of hydrogen-bond acceptors (Lipinski definition) is 0. The van der Waals surface area contributed by atoms with Gasteiger partial charge in [-0.2, -0.15) is 0 Å². The molecule has 0 saturated heterocycles. The van der Waals surface area contributed by atoms with E-state index in [2.05, 4.69) is 135 Å². The molecule has 0 bridgehead atoms. The van der Waals surface area contributed by atoms with Gasteiger partial charge in [0.15, 0.2) is 0 Å². The van der Waals surface area contributed by atoms with E-state index in [9.17, 15) is 0 Å². The SMILES string of the molecule is CC1=Cc2c(-c3cccc4ccccc34)cccc2[CH]1[Zr]([CH]1c2ccccc2-c2ccccc21)=[Si](C)C. The van der Waals surface area contributed by atoms with Crippen LogP contribution < -0.4 is 0 Å². The zero-order valence-corrected chi connectivity index (χ0v) is 25.1. The van der Waals surface area contributed by atoms with Gasteiger partial charge in [0.1, 0.15) is 0 Å². The number of allylic oxidation sites excluding steroid dienone is 1. The Labute approximate surface area is 227 Å². The molecule has 1 unspecified atom stereocenters. The van der Waals surface area contributed by atoms with E-state index >= 15 is 0 Å². The molecule has 37 heavy (non-hydrogen) atoms. The van der Waals surface area contributed by atoms with Crippen LogP contribution in [0.4, 0.5) is 0 Å². The summed E-state index contributed by atoms with van der Waals surface area (Å²) in [6, 6.07) is 41.3. The monoisotopic (exact) mass is 568 g/mol. The summed E-state index contributed by atoms with van der Waals surface area (Å²) in [7, 11) is 0. The van der Waals surface area contributed by atoms with Crippen LogP contribution in [0.15, 0.2) is 115 Å². The molecule has 178 valence electrons. The van der Waals surface area contributed by atoms with Crippen molar-refractivity contribution in [2.24, 2.45) is 0 Å². The van der Waals surface area contributed by atoms with Gasteiger partial charge < -0.3 is 0 Å². The Kier molecular flexibility index (Phi) is 5.79. The minimum atomic E-state index is -2.10. The van der Waals surface area contributed by atoms with Crippen LogP contribution >= 0.6 is 0 Å². The first-order valence-corrected chi connectivity index (χ1v) is 22.3. The first kappa shape index (κ1) is 23.3. The van der Waals surface area contributed by atoms with Crippen LogP contribution in [0, 0.1) is 0 Å². The van der Waals surface area contributed by atoms with Crippen molar-refractivity contribution in [2.75, 3.05) is 0 Å². The molecule has 0 amide bonds. The Hall–Kier alpha value is -2.80. The van der Waals surface area contributed by atoms with Crippen molar-refractivity contribution in [1.82, 2.24) is 0 Å². The molecule has 5 aromatic rings. The quantitative estimate of drug-likeness (QED) is 0.190. The standard InChI is InChI=1S/C20H15.C13H9.C2H6Si.Zr/c1-14-12-16-8-5-11-19(20(16)13-14)18-10-4-7-15-6-2-3-9-17(15)18;1-3-7-12-10(5-1)9-11-6-2-4-8-13(11)12;1-3-2;/h2-13H,1H3;1-9H;1-2H3;. The zero-order chi connectivity index (χ0) is 25.1. The predicted octanol–water partition coefficient (Wildman–Crippen LogP) is 9.60. The van der Waals surface area contributed by atoms with E-state index in [1.165, 1.54) is 38.6 Å². The van der Waals surface area contributed by atoms with Crippen molar-refractivity contribution < 1.29 is 20.4 Å². The predicted molar refractivity (Wildman–Crippen MR) is 157 cm³/mol. The average molecular weight is 570 g/mol. The van der Waals surface area contributed by atoms with Gasteiger partial charge in [0.05, 0.1) is 0 Å². The van der Waals surface area contributed by atoms with Crippen LogP contribution in [0.3, 0.4) is 0 Å². The first-order chi connectivity index (χ1) is 18.1. The van der Waals surface area contributed by atoms with Gasteiger partial charge in [-0.25, -0.2) is 0 Å². The van der Waals surface area contributed by atoms with Crippen molar-refractivity contribution in [1.29, 1.82) is 0 Å². The molecular formula is C35H30SiZr. The molecule has 0 radical (unpaired) electrons. The molecule has 0 spiro atoms. The molecule has 5 aromatic carbocycles. The molecule has 0 aliphatic heterocycles. The molecule has 2 aliphatic rings. The van der Waals surface area contributed by atoms with E-state index < -0.39 is 25.8 Å². The van der Waals surface area contributed by atoms with E-state index in [4.69, 9.17) is 0 Å². The Balaban J connectivity index is 1.43. The summed E-state index contributed by atoms with van der Waals surface area (Å²) in [5, 5.41) is 2.66. The summed E-state index contributed by atoms with van der Waals surface area (Å²) in [5.41, 5.74) is 13.2. The van der Waals surface area contributed by atoms with Crippen molar-refractivity contribution in [2.45, 2.75) is 27.3 Å². The number of hydrogen-bond donors (Lipinski definition) is 0. The summed E-state index contributed by atoms with van der Waals surface area (Å²) in [4.78, 5) is 0. The van der Waals surface area contributed by atoms with Crippen molar-refractivity contribution in [3.05, 3.63) is 137 Å². The van der Waals surface area contributed by atoms with Gasteiger partial charge >= 0.3 is 229 Å². The maximum absolute atomic E-state index is 2.61. The fraction of sp³-hybridized carbons (Fsp3) is 0.143. The second-order valence-corrected chi connectivity index (χ2v) is 28.6. The summed E-state index contributed by atoms with van der Waals surface area (Å²) >= 11 is -2.10.